The second-order valence-corrected chi connectivity index (χ2v) is 11.0. The number of hydrogen-bond acceptors (Lipinski definition) is 3. The van der Waals surface area contributed by atoms with Crippen LogP contribution >= 0.6 is 7.28 Å². The molecule has 0 unspecified atom stereocenters. The summed E-state index contributed by atoms with van der Waals surface area (Å²) in [5.41, 5.74) is 0.902. The van der Waals surface area contributed by atoms with Gasteiger partial charge >= 0.3 is 161 Å². The Hall–Kier alpha value is -0.470. The van der Waals surface area contributed by atoms with Crippen molar-refractivity contribution in [2.24, 2.45) is 0 Å². The molecule has 0 aliphatic rings. The monoisotopic (exact) mass is 384 g/mol. The third-order valence-corrected chi connectivity index (χ3v) is 7.77. The third-order valence-electron chi connectivity index (χ3n) is 5.21. The van der Waals surface area contributed by atoms with Crippen molar-refractivity contribution >= 4 is 12.6 Å². The van der Waals surface area contributed by atoms with Crippen LogP contribution in [0.1, 0.15) is 96.5 Å². The van der Waals surface area contributed by atoms with Gasteiger partial charge in [-0.1, -0.05) is 0 Å². The summed E-state index contributed by atoms with van der Waals surface area (Å²) in [7, 11) is -4.76. The van der Waals surface area contributed by atoms with E-state index in [1.54, 1.807) is 12.1 Å². The summed E-state index contributed by atoms with van der Waals surface area (Å²) >= 11 is 0. The van der Waals surface area contributed by atoms with E-state index in [-0.39, 0.29) is 6.16 Å². The van der Waals surface area contributed by atoms with E-state index in [2.05, 4.69) is 13.8 Å². The molecule has 0 aliphatic carbocycles. The van der Waals surface area contributed by atoms with Gasteiger partial charge in [-0.2, -0.15) is 0 Å². The molecule has 4 heteroatoms. The van der Waals surface area contributed by atoms with Gasteiger partial charge in [-0.05, 0) is 0 Å². The summed E-state index contributed by atoms with van der Waals surface area (Å²) in [6.45, 7) is 4.40. The predicted molar refractivity (Wildman–Crippen MR) is 115 cm³/mol. The van der Waals surface area contributed by atoms with Crippen LogP contribution in [0.4, 0.5) is 0 Å². The van der Waals surface area contributed by atoms with E-state index in [4.69, 9.17) is 0 Å². The van der Waals surface area contributed by atoms with Crippen LogP contribution in [0.5, 0.6) is 0 Å². The average molecular weight is 385 g/mol. The SMILES string of the molecule is CCCCCCCCc1ccccc1P(O)(O)(O)CCCCCCCC. The average Bonchev–Trinajstić information content (AvgIpc) is 2.61. The van der Waals surface area contributed by atoms with Crippen LogP contribution in [0.15, 0.2) is 24.3 Å². The Morgan fingerprint density at radius 3 is 1.77 bits per heavy atom. The number of hydrogen-bond donors (Lipinski definition) is 3. The van der Waals surface area contributed by atoms with Gasteiger partial charge in [0.1, 0.15) is 0 Å². The van der Waals surface area contributed by atoms with Crippen molar-refractivity contribution in [2.45, 2.75) is 97.3 Å². The summed E-state index contributed by atoms with van der Waals surface area (Å²) in [5.74, 6) is 0. The molecule has 1 aromatic carbocycles. The minimum absolute atomic E-state index is 0.0885. The van der Waals surface area contributed by atoms with Crippen LogP contribution in [-0.2, 0) is 6.42 Å². The van der Waals surface area contributed by atoms with Crippen molar-refractivity contribution in [1.82, 2.24) is 0 Å². The van der Waals surface area contributed by atoms with E-state index >= 15 is 0 Å². The molecule has 3 nitrogen and oxygen atoms in total. The molecule has 0 bridgehead atoms. The Labute approximate surface area is 161 Å². The Morgan fingerprint density at radius 2 is 1.15 bits per heavy atom. The fourth-order valence-electron chi connectivity index (χ4n) is 3.57. The van der Waals surface area contributed by atoms with Gasteiger partial charge in [0.2, 0.25) is 0 Å². The van der Waals surface area contributed by atoms with Crippen molar-refractivity contribution in [2.75, 3.05) is 6.16 Å². The van der Waals surface area contributed by atoms with Gasteiger partial charge in [0.05, 0.1) is 0 Å². The van der Waals surface area contributed by atoms with Crippen LogP contribution in [-0.4, -0.2) is 20.8 Å². The molecule has 152 valence electrons. The predicted octanol–water partition coefficient (Wildman–Crippen LogP) is 5.85. The van der Waals surface area contributed by atoms with Crippen LogP contribution < -0.4 is 5.30 Å². The van der Waals surface area contributed by atoms with Crippen LogP contribution in [0.2, 0.25) is 0 Å². The topological polar surface area (TPSA) is 60.7 Å². The number of rotatable bonds is 15. The zero-order valence-corrected chi connectivity index (χ0v) is 17.9. The number of benzene rings is 1. The summed E-state index contributed by atoms with van der Waals surface area (Å²) in [6.07, 6.45) is 14.4. The molecule has 1 aromatic rings. The first-order chi connectivity index (χ1) is 12.4. The Morgan fingerprint density at radius 1 is 0.654 bits per heavy atom. The maximum atomic E-state index is 10.7. The van der Waals surface area contributed by atoms with E-state index in [1.807, 2.05) is 12.1 Å². The molecule has 0 spiro atoms. The Bertz CT molecular complexity index is 494. The molecule has 0 saturated carbocycles. The number of unbranched alkanes of at least 4 members (excludes halogenated alkanes) is 10. The maximum absolute atomic E-state index is 10.7. The zero-order chi connectivity index (χ0) is 19.3. The van der Waals surface area contributed by atoms with Gasteiger partial charge in [-0.15, -0.1) is 0 Å². The first-order valence-electron chi connectivity index (χ1n) is 10.7. The standard InChI is InChI=1S/C22H41O3P/c1-3-5-7-9-11-13-17-21-18-14-15-19-22(21)26(23,24,25)20-16-12-10-8-6-4-2/h14-15,18-19,23-25H,3-13,16-17,20H2,1-2H3. The first kappa shape index (κ1) is 23.6. The molecular formula is C22H41O3P. The summed E-state index contributed by atoms with van der Waals surface area (Å²) in [5, 5.41) is 0.389. The van der Waals surface area contributed by atoms with E-state index in [0.717, 1.165) is 37.7 Å². The fourth-order valence-corrected chi connectivity index (χ4v) is 5.78. The summed E-state index contributed by atoms with van der Waals surface area (Å²) in [4.78, 5) is 32.2. The van der Waals surface area contributed by atoms with E-state index in [9.17, 15) is 14.7 Å². The van der Waals surface area contributed by atoms with Gasteiger partial charge < -0.3 is 0 Å². The Balaban J connectivity index is 2.58. The molecule has 1 rings (SSSR count). The molecule has 0 atom stereocenters. The van der Waals surface area contributed by atoms with Crippen LogP contribution in [0.25, 0.3) is 0 Å². The van der Waals surface area contributed by atoms with Crippen molar-refractivity contribution in [3.63, 3.8) is 0 Å². The molecule has 0 heterocycles. The molecule has 0 amide bonds. The van der Waals surface area contributed by atoms with Crippen molar-refractivity contribution in [3.05, 3.63) is 29.8 Å². The minimum atomic E-state index is -4.76. The first-order valence-corrected chi connectivity index (χ1v) is 13.0. The molecule has 0 fully saturated rings. The molecule has 3 N–H and O–H groups in total. The second-order valence-electron chi connectivity index (χ2n) is 7.79. The summed E-state index contributed by atoms with van der Waals surface area (Å²) in [6, 6.07) is 7.37. The number of aryl methyl sites for hydroxylation is 1. The summed E-state index contributed by atoms with van der Waals surface area (Å²) < 4.78 is 0. The second kappa shape index (κ2) is 12.1. The van der Waals surface area contributed by atoms with E-state index in [1.165, 1.54) is 44.9 Å². The van der Waals surface area contributed by atoms with E-state index < -0.39 is 7.28 Å². The molecule has 0 aliphatic heterocycles. The molecule has 0 radical (unpaired) electrons. The van der Waals surface area contributed by atoms with Crippen molar-refractivity contribution in [1.29, 1.82) is 0 Å². The molecule has 0 saturated heterocycles. The zero-order valence-electron chi connectivity index (χ0n) is 17.0. The normalized spacial score (nSPS) is 13.5. The molecular weight excluding hydrogens is 343 g/mol. The van der Waals surface area contributed by atoms with E-state index in [0.29, 0.717) is 11.7 Å². The van der Waals surface area contributed by atoms with Crippen molar-refractivity contribution < 1.29 is 14.7 Å². The fraction of sp³-hybridized carbons (Fsp3) is 0.727. The van der Waals surface area contributed by atoms with Crippen LogP contribution in [0, 0.1) is 0 Å². The van der Waals surface area contributed by atoms with Crippen molar-refractivity contribution in [3.8, 4) is 0 Å². The molecule has 26 heavy (non-hydrogen) atoms. The van der Waals surface area contributed by atoms with Gasteiger partial charge in [-0.3, -0.25) is 0 Å². The van der Waals surface area contributed by atoms with Crippen LogP contribution in [0.3, 0.4) is 0 Å². The van der Waals surface area contributed by atoms with Gasteiger partial charge in [-0.25, -0.2) is 0 Å². The van der Waals surface area contributed by atoms with Gasteiger partial charge in [0.25, 0.3) is 0 Å². The third kappa shape index (κ3) is 8.95. The van der Waals surface area contributed by atoms with Gasteiger partial charge in [0.15, 0.2) is 0 Å². The Kier molecular flexibility index (Phi) is 11.0. The molecule has 0 aromatic heterocycles. The quantitative estimate of drug-likeness (QED) is 0.262. The van der Waals surface area contributed by atoms with Gasteiger partial charge in [0, 0.05) is 0 Å².